The summed E-state index contributed by atoms with van der Waals surface area (Å²) >= 11 is 0. The molecule has 1 atom stereocenters. The van der Waals surface area contributed by atoms with E-state index in [0.717, 1.165) is 25.2 Å². The second-order valence-corrected chi connectivity index (χ2v) is 8.23. The van der Waals surface area contributed by atoms with E-state index in [0.29, 0.717) is 17.1 Å². The van der Waals surface area contributed by atoms with Crippen LogP contribution >= 0.6 is 0 Å². The topological polar surface area (TPSA) is 124 Å². The van der Waals surface area contributed by atoms with E-state index in [-0.39, 0.29) is 34.1 Å². The zero-order chi connectivity index (χ0) is 28.1. The number of anilines is 1. The molecular formula is C29H24FN3O6. The molecular weight excluding hydrogens is 505 g/mol. The van der Waals surface area contributed by atoms with Crippen molar-refractivity contribution < 1.29 is 32.9 Å². The summed E-state index contributed by atoms with van der Waals surface area (Å²) in [6.45, 7) is 0. The van der Waals surface area contributed by atoms with Gasteiger partial charge in [0.15, 0.2) is 11.6 Å². The van der Waals surface area contributed by atoms with Crippen LogP contribution in [0.25, 0.3) is 0 Å². The number of halogens is 1. The Morgan fingerprint density at radius 2 is 1.56 bits per heavy atom. The molecule has 1 aliphatic heterocycles. The van der Waals surface area contributed by atoms with Crippen LogP contribution in [0.5, 0.6) is 17.2 Å². The monoisotopic (exact) mass is 529 g/mol. The van der Waals surface area contributed by atoms with Gasteiger partial charge >= 0.3 is 11.9 Å². The summed E-state index contributed by atoms with van der Waals surface area (Å²) < 4.78 is 36.0. The van der Waals surface area contributed by atoms with Crippen molar-refractivity contribution in [1.82, 2.24) is 0 Å². The first-order chi connectivity index (χ1) is 18.8. The Morgan fingerprint density at radius 3 is 2.13 bits per heavy atom. The summed E-state index contributed by atoms with van der Waals surface area (Å²) in [5.74, 6) is -2.95. The van der Waals surface area contributed by atoms with Crippen LogP contribution in [0.15, 0.2) is 95.5 Å². The Hall–Kier alpha value is -5.30. The molecule has 0 fully saturated rings. The lowest BCUT2D eigenvalue weighted by molar-refractivity contribution is -0.139. The van der Waals surface area contributed by atoms with Gasteiger partial charge in [0.05, 0.1) is 50.2 Å². The average Bonchev–Trinajstić information content (AvgIpc) is 2.97. The highest BCUT2D eigenvalue weighted by Crippen LogP contribution is 2.43. The van der Waals surface area contributed by atoms with Crippen molar-refractivity contribution in [2.75, 3.05) is 26.2 Å². The van der Waals surface area contributed by atoms with Gasteiger partial charge in [-0.15, -0.1) is 0 Å². The second-order valence-electron chi connectivity index (χ2n) is 8.23. The lowest BCUT2D eigenvalue weighted by Gasteiger charge is -2.35. The lowest BCUT2D eigenvalue weighted by Crippen LogP contribution is -2.40. The fourth-order valence-corrected chi connectivity index (χ4v) is 4.26. The number of esters is 2. The number of benzene rings is 3. The number of hydrogen-bond donors (Lipinski definition) is 1. The summed E-state index contributed by atoms with van der Waals surface area (Å²) in [6.07, 6.45) is 0. The van der Waals surface area contributed by atoms with Crippen molar-refractivity contribution in [1.29, 1.82) is 5.26 Å². The molecule has 0 aliphatic carbocycles. The van der Waals surface area contributed by atoms with Crippen molar-refractivity contribution in [2.24, 2.45) is 5.73 Å². The molecule has 198 valence electrons. The molecule has 0 saturated carbocycles. The van der Waals surface area contributed by atoms with E-state index in [1.807, 2.05) is 6.07 Å². The van der Waals surface area contributed by atoms with Crippen molar-refractivity contribution in [3.05, 3.63) is 107 Å². The number of nitriles is 1. The second kappa shape index (κ2) is 11.4. The molecule has 9 nitrogen and oxygen atoms in total. The van der Waals surface area contributed by atoms with E-state index in [1.165, 1.54) is 19.2 Å². The number of carbonyl (C=O) groups excluding carboxylic acids is 2. The Morgan fingerprint density at radius 1 is 0.923 bits per heavy atom. The number of methoxy groups -OCH3 is 3. The summed E-state index contributed by atoms with van der Waals surface area (Å²) in [6, 6.07) is 21.0. The number of carbonyl (C=O) groups is 2. The van der Waals surface area contributed by atoms with Gasteiger partial charge in [0.25, 0.3) is 0 Å². The number of hydrogen-bond acceptors (Lipinski definition) is 9. The molecule has 39 heavy (non-hydrogen) atoms. The van der Waals surface area contributed by atoms with Crippen LogP contribution in [0.2, 0.25) is 0 Å². The zero-order valence-electron chi connectivity index (χ0n) is 21.3. The van der Waals surface area contributed by atoms with Crippen LogP contribution in [0.4, 0.5) is 10.1 Å². The van der Waals surface area contributed by atoms with Gasteiger partial charge in [-0.1, -0.05) is 30.3 Å². The fraction of sp³-hybridized carbons (Fsp3) is 0.138. The third-order valence-corrected chi connectivity index (χ3v) is 6.07. The van der Waals surface area contributed by atoms with Crippen LogP contribution in [0, 0.1) is 17.1 Å². The molecule has 0 radical (unpaired) electrons. The molecule has 0 saturated heterocycles. The normalized spacial score (nSPS) is 14.9. The molecule has 3 aromatic rings. The van der Waals surface area contributed by atoms with Gasteiger partial charge in [-0.05, 0) is 42.0 Å². The van der Waals surface area contributed by atoms with Gasteiger partial charge in [0.1, 0.15) is 23.0 Å². The first-order valence-corrected chi connectivity index (χ1v) is 11.6. The van der Waals surface area contributed by atoms with Gasteiger partial charge in [-0.2, -0.15) is 5.26 Å². The van der Waals surface area contributed by atoms with E-state index in [2.05, 4.69) is 0 Å². The minimum atomic E-state index is -1.03. The van der Waals surface area contributed by atoms with Crippen molar-refractivity contribution >= 4 is 17.6 Å². The highest BCUT2D eigenvalue weighted by atomic mass is 19.1. The third-order valence-electron chi connectivity index (χ3n) is 6.07. The van der Waals surface area contributed by atoms with Crippen LogP contribution in [0.1, 0.15) is 11.5 Å². The van der Waals surface area contributed by atoms with Gasteiger partial charge < -0.3 is 24.7 Å². The van der Waals surface area contributed by atoms with Gasteiger partial charge in [0.2, 0.25) is 0 Å². The molecule has 0 aromatic heterocycles. The van der Waals surface area contributed by atoms with Gasteiger partial charge in [0, 0.05) is 6.07 Å². The molecule has 4 rings (SSSR count). The van der Waals surface area contributed by atoms with Crippen LogP contribution < -0.4 is 20.1 Å². The highest BCUT2D eigenvalue weighted by molar-refractivity contribution is 6.06. The lowest BCUT2D eigenvalue weighted by atomic mass is 9.81. The largest absolute Gasteiger partial charge is 0.497 e. The Balaban J connectivity index is 1.87. The first-order valence-electron chi connectivity index (χ1n) is 11.6. The quantitative estimate of drug-likeness (QED) is 0.440. The van der Waals surface area contributed by atoms with Crippen LogP contribution in [0.3, 0.4) is 0 Å². The van der Waals surface area contributed by atoms with Crippen molar-refractivity contribution in [3.8, 4) is 23.3 Å². The van der Waals surface area contributed by atoms with E-state index in [4.69, 9.17) is 24.7 Å². The Labute approximate surface area is 224 Å². The molecule has 0 spiro atoms. The maximum Gasteiger partial charge on any atom is 0.355 e. The molecule has 2 N–H and O–H groups in total. The van der Waals surface area contributed by atoms with Gasteiger partial charge in [-0.25, -0.2) is 14.0 Å². The third kappa shape index (κ3) is 5.10. The number of rotatable bonds is 7. The summed E-state index contributed by atoms with van der Waals surface area (Å²) in [5.41, 5.74) is 6.49. The maximum absolute atomic E-state index is 15.3. The van der Waals surface area contributed by atoms with Crippen molar-refractivity contribution in [3.63, 3.8) is 0 Å². The van der Waals surface area contributed by atoms with E-state index in [9.17, 15) is 14.9 Å². The SMILES string of the molecule is COC(=O)C1=C(C(=O)OC)N(c2ccc(Oc3ccc(OC)cc3)c(F)c2)C(N)=C(C#N)C1c1ccccc1. The molecule has 10 heteroatoms. The summed E-state index contributed by atoms with van der Waals surface area (Å²) in [7, 11) is 3.80. The molecule has 1 heterocycles. The predicted molar refractivity (Wildman–Crippen MR) is 139 cm³/mol. The molecule has 1 aliphatic rings. The van der Waals surface area contributed by atoms with E-state index in [1.54, 1.807) is 54.6 Å². The Kier molecular flexibility index (Phi) is 7.82. The maximum atomic E-state index is 15.3. The molecule has 3 aromatic carbocycles. The number of nitrogens with zero attached hydrogens (tertiary/aromatic N) is 2. The minimum absolute atomic E-state index is 0.0341. The molecule has 0 amide bonds. The summed E-state index contributed by atoms with van der Waals surface area (Å²) in [4.78, 5) is 27.3. The number of allylic oxidation sites excluding steroid dienone is 1. The van der Waals surface area contributed by atoms with E-state index < -0.39 is 23.7 Å². The fourth-order valence-electron chi connectivity index (χ4n) is 4.26. The highest BCUT2D eigenvalue weighted by Gasteiger charge is 2.43. The first kappa shape index (κ1) is 26.8. The van der Waals surface area contributed by atoms with Crippen molar-refractivity contribution in [2.45, 2.75) is 5.92 Å². The molecule has 1 unspecified atom stereocenters. The van der Waals surface area contributed by atoms with Crippen LogP contribution in [-0.4, -0.2) is 33.3 Å². The number of ether oxygens (including phenoxy) is 4. The van der Waals surface area contributed by atoms with Crippen LogP contribution in [-0.2, 0) is 19.1 Å². The smallest absolute Gasteiger partial charge is 0.355 e. The summed E-state index contributed by atoms with van der Waals surface area (Å²) in [5, 5.41) is 10.1. The predicted octanol–water partition coefficient (Wildman–Crippen LogP) is 4.52. The minimum Gasteiger partial charge on any atom is -0.497 e. The average molecular weight is 530 g/mol. The standard InChI is InChI=1S/C29H24FN3O6/c1-36-19-10-12-20(13-11-19)39-23-14-9-18(15-22(23)30)33-26(29(35)38-3)25(28(34)37-2)24(21(16-31)27(33)32)17-7-5-4-6-8-17/h4-15,24H,32H2,1-3H3. The Bertz CT molecular complexity index is 1510. The zero-order valence-corrected chi connectivity index (χ0v) is 21.3. The number of nitrogens with two attached hydrogens (primary N) is 1. The van der Waals surface area contributed by atoms with E-state index >= 15 is 4.39 Å². The molecule has 0 bridgehead atoms. The van der Waals surface area contributed by atoms with Gasteiger partial charge in [-0.3, -0.25) is 4.90 Å².